The van der Waals surface area contributed by atoms with Crippen molar-refractivity contribution < 1.29 is 0 Å². The smallest absolute Gasteiger partial charge is 0.0644 e. The Hall–Kier alpha value is -1.39. The summed E-state index contributed by atoms with van der Waals surface area (Å²) in [5, 5.41) is 8.26. The van der Waals surface area contributed by atoms with Crippen LogP contribution in [0.15, 0.2) is 30.6 Å². The lowest BCUT2D eigenvalue weighted by atomic mass is 10.1. The molecular formula is C12H15ClN4. The van der Waals surface area contributed by atoms with Gasteiger partial charge < -0.3 is 5.32 Å². The molecular weight excluding hydrogens is 236 g/mol. The van der Waals surface area contributed by atoms with Gasteiger partial charge in [0.1, 0.15) is 0 Å². The van der Waals surface area contributed by atoms with Crippen molar-refractivity contribution in [3.8, 4) is 0 Å². The van der Waals surface area contributed by atoms with Crippen LogP contribution in [0.1, 0.15) is 17.4 Å². The molecule has 0 radical (unpaired) electrons. The third kappa shape index (κ3) is 3.05. The van der Waals surface area contributed by atoms with Crippen LogP contribution in [0.4, 0.5) is 0 Å². The minimum Gasteiger partial charge on any atom is -0.311 e. The van der Waals surface area contributed by atoms with E-state index >= 15 is 0 Å². The van der Waals surface area contributed by atoms with E-state index in [1.165, 1.54) is 0 Å². The molecule has 0 amide bonds. The maximum Gasteiger partial charge on any atom is 0.0644 e. The van der Waals surface area contributed by atoms with Crippen LogP contribution in [0.2, 0.25) is 5.02 Å². The maximum atomic E-state index is 5.82. The van der Waals surface area contributed by atoms with Gasteiger partial charge in [-0.1, -0.05) is 11.6 Å². The van der Waals surface area contributed by atoms with Crippen LogP contribution in [-0.4, -0.2) is 21.8 Å². The van der Waals surface area contributed by atoms with Crippen LogP contribution in [0.25, 0.3) is 0 Å². The van der Waals surface area contributed by atoms with E-state index in [2.05, 4.69) is 15.4 Å². The summed E-state index contributed by atoms with van der Waals surface area (Å²) in [6.45, 7) is 0. The molecule has 5 heteroatoms. The summed E-state index contributed by atoms with van der Waals surface area (Å²) in [4.78, 5) is 4.32. The van der Waals surface area contributed by atoms with Gasteiger partial charge in [-0.15, -0.1) is 0 Å². The van der Waals surface area contributed by atoms with Crippen LogP contribution in [-0.2, 0) is 13.5 Å². The number of halogens is 1. The Kier molecular flexibility index (Phi) is 3.76. The third-order valence-corrected chi connectivity index (χ3v) is 2.86. The van der Waals surface area contributed by atoms with Crippen molar-refractivity contribution in [2.24, 2.45) is 7.05 Å². The lowest BCUT2D eigenvalue weighted by Crippen LogP contribution is -2.20. The van der Waals surface area contributed by atoms with Crippen molar-refractivity contribution in [2.75, 3.05) is 7.05 Å². The van der Waals surface area contributed by atoms with Crippen molar-refractivity contribution >= 4 is 11.6 Å². The first kappa shape index (κ1) is 12.1. The Balaban J connectivity index is 2.13. The maximum absolute atomic E-state index is 5.82. The van der Waals surface area contributed by atoms with Crippen LogP contribution in [0.3, 0.4) is 0 Å². The van der Waals surface area contributed by atoms with Gasteiger partial charge in [0.15, 0.2) is 0 Å². The number of nitrogens with one attached hydrogen (secondary N) is 1. The summed E-state index contributed by atoms with van der Waals surface area (Å²) in [7, 11) is 3.84. The standard InChI is InChI=1S/C12H15ClN4/c1-14-12(7-10-5-6-17(2)16-10)11-4-3-9(13)8-15-11/h3-6,8,12,14H,7H2,1-2H3. The molecule has 0 saturated heterocycles. The molecule has 0 fully saturated rings. The van der Waals surface area contributed by atoms with Crippen LogP contribution in [0, 0.1) is 0 Å². The predicted molar refractivity (Wildman–Crippen MR) is 68.0 cm³/mol. The molecule has 0 aliphatic carbocycles. The van der Waals surface area contributed by atoms with Crippen molar-refractivity contribution in [1.82, 2.24) is 20.1 Å². The number of aromatic nitrogens is 3. The van der Waals surface area contributed by atoms with Gasteiger partial charge in [0, 0.05) is 25.9 Å². The molecule has 0 aromatic carbocycles. The zero-order valence-corrected chi connectivity index (χ0v) is 10.6. The molecule has 90 valence electrons. The number of rotatable bonds is 4. The highest BCUT2D eigenvalue weighted by Gasteiger charge is 2.12. The van der Waals surface area contributed by atoms with E-state index in [0.717, 1.165) is 17.8 Å². The molecule has 2 rings (SSSR count). The van der Waals surface area contributed by atoms with Crippen LogP contribution >= 0.6 is 11.6 Å². The molecule has 0 bridgehead atoms. The lowest BCUT2D eigenvalue weighted by molar-refractivity contribution is 0.563. The van der Waals surface area contributed by atoms with Crippen molar-refractivity contribution in [3.63, 3.8) is 0 Å². The molecule has 0 saturated carbocycles. The average molecular weight is 251 g/mol. The largest absolute Gasteiger partial charge is 0.311 e. The summed E-state index contributed by atoms with van der Waals surface area (Å²) in [6, 6.07) is 5.96. The minimum atomic E-state index is 0.155. The second-order valence-electron chi connectivity index (χ2n) is 3.93. The molecule has 0 spiro atoms. The molecule has 17 heavy (non-hydrogen) atoms. The van der Waals surface area contributed by atoms with Gasteiger partial charge >= 0.3 is 0 Å². The van der Waals surface area contributed by atoms with Crippen molar-refractivity contribution in [2.45, 2.75) is 12.5 Å². The Labute approximate surface area is 106 Å². The van der Waals surface area contributed by atoms with E-state index in [1.807, 2.05) is 38.5 Å². The van der Waals surface area contributed by atoms with Gasteiger partial charge in [-0.25, -0.2) is 0 Å². The minimum absolute atomic E-state index is 0.155. The van der Waals surface area contributed by atoms with Crippen molar-refractivity contribution in [3.05, 3.63) is 47.0 Å². The Morgan fingerprint density at radius 2 is 2.24 bits per heavy atom. The first-order valence-corrected chi connectivity index (χ1v) is 5.84. The van der Waals surface area contributed by atoms with Crippen LogP contribution < -0.4 is 5.32 Å². The summed E-state index contributed by atoms with van der Waals surface area (Å²) in [6.07, 6.45) is 4.42. The number of hydrogen-bond acceptors (Lipinski definition) is 3. The molecule has 2 heterocycles. The Bertz CT molecular complexity index is 478. The highest BCUT2D eigenvalue weighted by Crippen LogP contribution is 2.16. The molecule has 4 nitrogen and oxygen atoms in total. The quantitative estimate of drug-likeness (QED) is 0.902. The zero-order valence-electron chi connectivity index (χ0n) is 9.89. The van der Waals surface area contributed by atoms with Crippen LogP contribution in [0.5, 0.6) is 0 Å². The second kappa shape index (κ2) is 5.29. The molecule has 0 aliphatic rings. The highest BCUT2D eigenvalue weighted by atomic mass is 35.5. The Morgan fingerprint density at radius 1 is 1.41 bits per heavy atom. The van der Waals surface area contributed by atoms with E-state index in [0.29, 0.717) is 5.02 Å². The molecule has 1 unspecified atom stereocenters. The van der Waals surface area contributed by atoms with Gasteiger partial charge in [0.2, 0.25) is 0 Å². The van der Waals surface area contributed by atoms with Gasteiger partial charge in [-0.05, 0) is 25.2 Å². The number of likely N-dealkylation sites (N-methyl/N-ethyl adjacent to an activating group) is 1. The van der Waals surface area contributed by atoms with Gasteiger partial charge in [0.05, 0.1) is 22.5 Å². The summed E-state index contributed by atoms with van der Waals surface area (Å²) in [5.74, 6) is 0. The first-order valence-electron chi connectivity index (χ1n) is 5.46. The average Bonchev–Trinajstić information content (AvgIpc) is 2.73. The summed E-state index contributed by atoms with van der Waals surface area (Å²) in [5.41, 5.74) is 2.02. The number of aryl methyl sites for hydroxylation is 1. The first-order chi connectivity index (χ1) is 8.19. The van der Waals surface area contributed by atoms with E-state index < -0.39 is 0 Å². The molecule has 2 aromatic rings. The van der Waals surface area contributed by atoms with Gasteiger partial charge in [-0.3, -0.25) is 9.67 Å². The third-order valence-electron chi connectivity index (χ3n) is 2.64. The van der Waals surface area contributed by atoms with E-state index in [9.17, 15) is 0 Å². The SMILES string of the molecule is CNC(Cc1ccn(C)n1)c1ccc(Cl)cn1. The number of hydrogen-bond donors (Lipinski definition) is 1. The predicted octanol–water partition coefficient (Wildman–Crippen LogP) is 1.97. The summed E-state index contributed by atoms with van der Waals surface area (Å²) >= 11 is 5.82. The fourth-order valence-electron chi connectivity index (χ4n) is 1.73. The molecule has 1 N–H and O–H groups in total. The normalized spacial score (nSPS) is 12.6. The Morgan fingerprint density at radius 3 is 2.76 bits per heavy atom. The highest BCUT2D eigenvalue weighted by molar-refractivity contribution is 6.30. The van der Waals surface area contributed by atoms with E-state index in [-0.39, 0.29) is 6.04 Å². The fraction of sp³-hybridized carbons (Fsp3) is 0.333. The van der Waals surface area contributed by atoms with Crippen molar-refractivity contribution in [1.29, 1.82) is 0 Å². The number of nitrogens with zero attached hydrogens (tertiary/aromatic N) is 3. The summed E-state index contributed by atoms with van der Waals surface area (Å²) < 4.78 is 1.80. The molecule has 2 aromatic heterocycles. The molecule has 0 aliphatic heterocycles. The fourth-order valence-corrected chi connectivity index (χ4v) is 1.84. The van der Waals surface area contributed by atoms with E-state index in [4.69, 9.17) is 11.6 Å². The lowest BCUT2D eigenvalue weighted by Gasteiger charge is -2.14. The molecule has 1 atom stereocenters. The number of pyridine rings is 1. The van der Waals surface area contributed by atoms with Gasteiger partial charge in [-0.2, -0.15) is 5.10 Å². The zero-order chi connectivity index (χ0) is 12.3. The topological polar surface area (TPSA) is 42.7 Å². The second-order valence-corrected chi connectivity index (χ2v) is 4.36. The monoisotopic (exact) mass is 250 g/mol. The van der Waals surface area contributed by atoms with Gasteiger partial charge in [0.25, 0.3) is 0 Å². The van der Waals surface area contributed by atoms with E-state index in [1.54, 1.807) is 10.9 Å².